The van der Waals surface area contributed by atoms with E-state index in [1.807, 2.05) is 0 Å². The number of nitrogens with zero attached hydrogens (tertiary/aromatic N) is 2. The summed E-state index contributed by atoms with van der Waals surface area (Å²) in [4.78, 5) is 21.5. The Bertz CT molecular complexity index is 470. The number of rotatable bonds is 4. The van der Waals surface area contributed by atoms with Crippen LogP contribution in [-0.2, 0) is 9.53 Å². The van der Waals surface area contributed by atoms with Gasteiger partial charge in [0.15, 0.2) is 0 Å². The predicted molar refractivity (Wildman–Crippen MR) is 58.1 cm³/mol. The lowest BCUT2D eigenvalue weighted by molar-refractivity contribution is -0.385. The number of esters is 1. The van der Waals surface area contributed by atoms with Crippen LogP contribution < -0.4 is 0 Å². The highest BCUT2D eigenvalue weighted by molar-refractivity contribution is 6.44. The number of nitro benzene ring substituents is 1. The third-order valence-corrected chi connectivity index (χ3v) is 1.92. The number of ether oxygens (including phenoxy) is 1. The summed E-state index contributed by atoms with van der Waals surface area (Å²) in [5.74, 6) is -0.913. The Labute approximate surface area is 96.5 Å². The van der Waals surface area contributed by atoms with Crippen molar-refractivity contribution in [1.29, 1.82) is 0 Å². The zero-order valence-corrected chi connectivity index (χ0v) is 8.99. The number of hydrogen-bond acceptors (Lipinski definition) is 6. The summed E-state index contributed by atoms with van der Waals surface area (Å²) >= 11 is 0. The van der Waals surface area contributed by atoms with Crippen LogP contribution in [0.2, 0.25) is 0 Å². The molecular formula is C10H10N2O5. The van der Waals surface area contributed by atoms with Crippen LogP contribution in [0.15, 0.2) is 29.4 Å². The Kier molecular flexibility index (Phi) is 4.15. The van der Waals surface area contributed by atoms with Gasteiger partial charge >= 0.3 is 5.97 Å². The Hall–Kier alpha value is -2.44. The maximum Gasteiger partial charge on any atom is 0.361 e. The molecule has 0 heterocycles. The third kappa shape index (κ3) is 2.77. The highest BCUT2D eigenvalue weighted by Gasteiger charge is 2.24. The second-order valence-electron chi connectivity index (χ2n) is 2.94. The van der Waals surface area contributed by atoms with E-state index in [0.717, 1.165) is 0 Å². The van der Waals surface area contributed by atoms with E-state index in [-0.39, 0.29) is 17.9 Å². The quantitative estimate of drug-likeness (QED) is 0.280. The van der Waals surface area contributed by atoms with Gasteiger partial charge in [0.1, 0.15) is 0 Å². The lowest BCUT2D eigenvalue weighted by Crippen LogP contribution is -2.20. The average molecular weight is 238 g/mol. The summed E-state index contributed by atoms with van der Waals surface area (Å²) in [6.07, 6.45) is 0. The fraction of sp³-hybridized carbons (Fsp3) is 0.200. The van der Waals surface area contributed by atoms with Gasteiger partial charge < -0.3 is 9.94 Å². The van der Waals surface area contributed by atoms with Crippen molar-refractivity contribution < 1.29 is 19.7 Å². The first-order valence-electron chi connectivity index (χ1n) is 4.74. The molecule has 1 aromatic rings. The molecule has 0 amide bonds. The van der Waals surface area contributed by atoms with Crippen molar-refractivity contribution in [1.82, 2.24) is 0 Å². The molecule has 0 aromatic heterocycles. The third-order valence-electron chi connectivity index (χ3n) is 1.92. The summed E-state index contributed by atoms with van der Waals surface area (Å²) in [6.45, 7) is 1.66. The SMILES string of the molecule is CCOC(=O)/C(=N\O)c1ccccc1[N+](=O)[O-]. The summed E-state index contributed by atoms with van der Waals surface area (Å²) in [7, 11) is 0. The van der Waals surface area contributed by atoms with Crippen LogP contribution in [-0.4, -0.2) is 28.4 Å². The minimum absolute atomic E-state index is 0.0818. The fourth-order valence-corrected chi connectivity index (χ4v) is 1.24. The molecule has 0 unspecified atom stereocenters. The highest BCUT2D eigenvalue weighted by atomic mass is 16.6. The lowest BCUT2D eigenvalue weighted by Gasteiger charge is -2.04. The van der Waals surface area contributed by atoms with E-state index in [0.29, 0.717) is 0 Å². The van der Waals surface area contributed by atoms with Gasteiger partial charge in [-0.3, -0.25) is 10.1 Å². The van der Waals surface area contributed by atoms with E-state index < -0.39 is 16.6 Å². The van der Waals surface area contributed by atoms with E-state index in [2.05, 4.69) is 9.89 Å². The molecule has 7 nitrogen and oxygen atoms in total. The minimum Gasteiger partial charge on any atom is -0.461 e. The van der Waals surface area contributed by atoms with Gasteiger partial charge in [-0.1, -0.05) is 17.3 Å². The molecule has 0 saturated carbocycles. The number of nitro groups is 1. The fourth-order valence-electron chi connectivity index (χ4n) is 1.24. The Morgan fingerprint density at radius 3 is 2.71 bits per heavy atom. The van der Waals surface area contributed by atoms with E-state index in [4.69, 9.17) is 5.21 Å². The molecule has 1 rings (SSSR count). The van der Waals surface area contributed by atoms with Crippen LogP contribution in [0.1, 0.15) is 12.5 Å². The van der Waals surface area contributed by atoms with Crippen molar-refractivity contribution in [3.8, 4) is 0 Å². The standard InChI is InChI=1S/C10H10N2O5/c1-2-17-10(13)9(11-14)7-5-3-4-6-8(7)12(15)16/h3-6,14H,2H2,1H3/b11-9-. The van der Waals surface area contributed by atoms with Gasteiger partial charge in [-0.2, -0.15) is 0 Å². The molecule has 0 radical (unpaired) electrons. The van der Waals surface area contributed by atoms with Crippen LogP contribution >= 0.6 is 0 Å². The van der Waals surface area contributed by atoms with Crippen LogP contribution in [0, 0.1) is 10.1 Å². The smallest absolute Gasteiger partial charge is 0.361 e. The van der Waals surface area contributed by atoms with Gasteiger partial charge in [-0.05, 0) is 13.0 Å². The molecule has 1 N–H and O–H groups in total. The van der Waals surface area contributed by atoms with Crippen molar-refractivity contribution in [2.75, 3.05) is 6.61 Å². The van der Waals surface area contributed by atoms with E-state index >= 15 is 0 Å². The maximum atomic E-state index is 11.4. The minimum atomic E-state index is -0.913. The van der Waals surface area contributed by atoms with Crippen LogP contribution in [0.4, 0.5) is 5.69 Å². The van der Waals surface area contributed by atoms with Gasteiger partial charge in [0.25, 0.3) is 5.69 Å². The topological polar surface area (TPSA) is 102 Å². The number of carbonyl (C=O) groups is 1. The average Bonchev–Trinajstić information content (AvgIpc) is 2.31. The molecule has 7 heteroatoms. The predicted octanol–water partition coefficient (Wildman–Crippen LogP) is 1.34. The van der Waals surface area contributed by atoms with Crippen LogP contribution in [0.25, 0.3) is 0 Å². The largest absolute Gasteiger partial charge is 0.461 e. The van der Waals surface area contributed by atoms with Gasteiger partial charge in [0, 0.05) is 6.07 Å². The zero-order chi connectivity index (χ0) is 12.8. The van der Waals surface area contributed by atoms with Crippen molar-refractivity contribution in [3.05, 3.63) is 39.9 Å². The second-order valence-corrected chi connectivity index (χ2v) is 2.94. The summed E-state index contributed by atoms with van der Waals surface area (Å²) in [5.41, 5.74) is -0.897. The van der Waals surface area contributed by atoms with Crippen LogP contribution in [0.3, 0.4) is 0 Å². The summed E-state index contributed by atoms with van der Waals surface area (Å²) in [5, 5.41) is 22.2. The molecule has 90 valence electrons. The second kappa shape index (κ2) is 5.59. The molecule has 0 aliphatic carbocycles. The molecule has 0 saturated heterocycles. The molecule has 0 atom stereocenters. The maximum absolute atomic E-state index is 11.4. The van der Waals surface area contributed by atoms with Gasteiger partial charge in [-0.25, -0.2) is 4.79 Å². The number of carbonyl (C=O) groups excluding carboxylic acids is 1. The molecular weight excluding hydrogens is 228 g/mol. The normalized spacial score (nSPS) is 11.0. The molecule has 0 bridgehead atoms. The number of hydrogen-bond donors (Lipinski definition) is 1. The molecule has 0 aliphatic rings. The van der Waals surface area contributed by atoms with E-state index in [9.17, 15) is 14.9 Å². The molecule has 1 aromatic carbocycles. The van der Waals surface area contributed by atoms with Crippen molar-refractivity contribution in [2.24, 2.45) is 5.16 Å². The molecule has 17 heavy (non-hydrogen) atoms. The van der Waals surface area contributed by atoms with Gasteiger partial charge in [0.05, 0.1) is 17.1 Å². The van der Waals surface area contributed by atoms with E-state index in [1.54, 1.807) is 6.92 Å². The first-order valence-corrected chi connectivity index (χ1v) is 4.74. The van der Waals surface area contributed by atoms with Gasteiger partial charge in [-0.15, -0.1) is 0 Å². The highest BCUT2D eigenvalue weighted by Crippen LogP contribution is 2.19. The monoisotopic (exact) mass is 238 g/mol. The summed E-state index contributed by atoms with van der Waals surface area (Å²) in [6, 6.07) is 5.46. The summed E-state index contributed by atoms with van der Waals surface area (Å²) < 4.78 is 4.63. The molecule has 0 aliphatic heterocycles. The molecule has 0 spiro atoms. The number of para-hydroxylation sites is 1. The molecule has 0 fully saturated rings. The van der Waals surface area contributed by atoms with Crippen molar-refractivity contribution >= 4 is 17.4 Å². The Morgan fingerprint density at radius 1 is 1.53 bits per heavy atom. The Balaban J connectivity index is 3.22. The van der Waals surface area contributed by atoms with Gasteiger partial charge in [0.2, 0.25) is 5.71 Å². The first kappa shape index (κ1) is 12.6. The Morgan fingerprint density at radius 2 is 2.18 bits per heavy atom. The number of benzene rings is 1. The zero-order valence-electron chi connectivity index (χ0n) is 8.99. The first-order chi connectivity index (χ1) is 8.11. The lowest BCUT2D eigenvalue weighted by atomic mass is 10.1. The van der Waals surface area contributed by atoms with E-state index in [1.165, 1.54) is 24.3 Å². The number of oxime groups is 1. The van der Waals surface area contributed by atoms with Crippen LogP contribution in [0.5, 0.6) is 0 Å². The van der Waals surface area contributed by atoms with Crippen molar-refractivity contribution in [2.45, 2.75) is 6.92 Å². The van der Waals surface area contributed by atoms with Crippen molar-refractivity contribution in [3.63, 3.8) is 0 Å².